The molecule has 4 aromatic rings. The first kappa shape index (κ1) is 22.5. The number of thiophene rings is 1. The molecule has 0 aliphatic heterocycles. The molecule has 0 spiro atoms. The number of rotatable bonds is 7. The van der Waals surface area contributed by atoms with Crippen molar-refractivity contribution in [2.75, 3.05) is 12.0 Å². The van der Waals surface area contributed by atoms with E-state index in [-0.39, 0.29) is 28.0 Å². The molecule has 0 aliphatic rings. The number of aryl methyl sites for hydroxylation is 1. The van der Waals surface area contributed by atoms with E-state index >= 15 is 0 Å². The van der Waals surface area contributed by atoms with Gasteiger partial charge in [0.1, 0.15) is 9.77 Å². The highest BCUT2D eigenvalue weighted by Crippen LogP contribution is 2.37. The van der Waals surface area contributed by atoms with Gasteiger partial charge in [0.25, 0.3) is 5.89 Å². The van der Waals surface area contributed by atoms with Crippen LogP contribution >= 0.6 is 22.9 Å². The average Bonchev–Trinajstić information content (AvgIpc) is 3.45. The maximum absolute atomic E-state index is 12.5. The zero-order chi connectivity index (χ0) is 23.1. The average molecular weight is 514 g/mol. The van der Waals surface area contributed by atoms with Gasteiger partial charge in [-0.3, -0.25) is 0 Å². The lowest BCUT2D eigenvalue weighted by molar-refractivity contribution is 0.489. The molecular formula is C19H16ClN3O6S3. The van der Waals surface area contributed by atoms with Crippen molar-refractivity contribution in [2.24, 2.45) is 0 Å². The molecule has 9 nitrogen and oxygen atoms in total. The molecule has 0 aliphatic carbocycles. The summed E-state index contributed by atoms with van der Waals surface area (Å²) in [5, 5.41) is 5.97. The van der Waals surface area contributed by atoms with Crippen LogP contribution in [0.1, 0.15) is 0 Å². The summed E-state index contributed by atoms with van der Waals surface area (Å²) in [6, 6.07) is 9.15. The number of nitrogens with zero attached hydrogens (tertiary/aromatic N) is 3. The van der Waals surface area contributed by atoms with Crippen molar-refractivity contribution in [1.29, 1.82) is 0 Å². The monoisotopic (exact) mass is 513 g/mol. The van der Waals surface area contributed by atoms with Gasteiger partial charge in [0.2, 0.25) is 0 Å². The van der Waals surface area contributed by atoms with Crippen molar-refractivity contribution in [3.8, 4) is 16.5 Å². The second-order valence-electron chi connectivity index (χ2n) is 6.81. The van der Waals surface area contributed by atoms with Gasteiger partial charge >= 0.3 is 5.76 Å². The van der Waals surface area contributed by atoms with Crippen molar-refractivity contribution in [1.82, 2.24) is 14.3 Å². The highest BCUT2D eigenvalue weighted by molar-refractivity contribution is 7.91. The van der Waals surface area contributed by atoms with E-state index in [0.29, 0.717) is 15.6 Å². The zero-order valence-electron chi connectivity index (χ0n) is 16.5. The van der Waals surface area contributed by atoms with Crippen LogP contribution < -0.4 is 5.76 Å². The van der Waals surface area contributed by atoms with Crippen LogP contribution in [-0.4, -0.2) is 43.2 Å². The zero-order valence-corrected chi connectivity index (χ0v) is 19.7. The molecule has 0 amide bonds. The second-order valence-corrected chi connectivity index (χ2v) is 12.2. The molecule has 0 bridgehead atoms. The topological polar surface area (TPSA) is 121 Å². The standard InChI is InChI=1S/C19H16ClN3O6S3/c1-31(25,26)15-12-30-17(16(15)22-8-2-3-9-22)18-21-23(19(24)29-18)10-11-32(27,28)14-6-4-13(20)5-7-14/h2-9,12H,10-11H2,1H3. The van der Waals surface area contributed by atoms with Crippen LogP contribution in [0.25, 0.3) is 16.5 Å². The van der Waals surface area contributed by atoms with Crippen molar-refractivity contribution < 1.29 is 21.3 Å². The number of sulfone groups is 2. The minimum Gasteiger partial charge on any atom is -0.387 e. The van der Waals surface area contributed by atoms with Gasteiger partial charge in [-0.1, -0.05) is 11.6 Å². The summed E-state index contributed by atoms with van der Waals surface area (Å²) in [6.07, 6.45) is 4.41. The minimum absolute atomic E-state index is 0.0659. The maximum atomic E-state index is 12.5. The van der Waals surface area contributed by atoms with Crippen molar-refractivity contribution in [3.63, 3.8) is 0 Å². The van der Waals surface area contributed by atoms with Gasteiger partial charge < -0.3 is 8.98 Å². The lowest BCUT2D eigenvalue weighted by Crippen LogP contribution is -2.21. The molecule has 0 fully saturated rings. The molecule has 168 valence electrons. The predicted molar refractivity (Wildman–Crippen MR) is 120 cm³/mol. The third kappa shape index (κ3) is 4.44. The van der Waals surface area contributed by atoms with Gasteiger partial charge in [-0.25, -0.2) is 21.6 Å². The molecule has 3 aromatic heterocycles. The Morgan fingerprint density at radius 3 is 2.38 bits per heavy atom. The summed E-state index contributed by atoms with van der Waals surface area (Å²) in [5.41, 5.74) is 0.310. The number of hydrogen-bond donors (Lipinski definition) is 0. The second kappa shape index (κ2) is 8.35. The Balaban J connectivity index is 1.67. The van der Waals surface area contributed by atoms with E-state index in [1.165, 1.54) is 29.6 Å². The third-order valence-electron chi connectivity index (χ3n) is 4.54. The number of benzene rings is 1. The summed E-state index contributed by atoms with van der Waals surface area (Å²) >= 11 is 6.85. The van der Waals surface area contributed by atoms with E-state index < -0.39 is 25.4 Å². The van der Waals surface area contributed by atoms with Crippen LogP contribution in [0, 0.1) is 0 Å². The van der Waals surface area contributed by atoms with Gasteiger partial charge in [0.05, 0.1) is 22.9 Å². The highest BCUT2D eigenvalue weighted by Gasteiger charge is 2.25. The Kier molecular flexibility index (Phi) is 5.88. The highest BCUT2D eigenvalue weighted by atomic mass is 35.5. The van der Waals surface area contributed by atoms with Crippen LogP contribution in [0.3, 0.4) is 0 Å². The van der Waals surface area contributed by atoms with Crippen molar-refractivity contribution >= 4 is 42.6 Å². The molecule has 1 aromatic carbocycles. The first-order valence-electron chi connectivity index (χ1n) is 9.08. The normalized spacial score (nSPS) is 12.3. The van der Waals surface area contributed by atoms with Crippen LogP contribution in [-0.2, 0) is 26.2 Å². The molecule has 0 saturated carbocycles. The van der Waals surface area contributed by atoms with E-state index in [0.717, 1.165) is 22.3 Å². The van der Waals surface area contributed by atoms with Gasteiger partial charge in [-0.05, 0) is 36.4 Å². The molecule has 0 atom stereocenters. The molecule has 0 radical (unpaired) electrons. The Morgan fingerprint density at radius 2 is 1.75 bits per heavy atom. The Hall–Kier alpha value is -2.67. The number of halogens is 1. The van der Waals surface area contributed by atoms with Crippen LogP contribution in [0.4, 0.5) is 0 Å². The largest absolute Gasteiger partial charge is 0.437 e. The van der Waals surface area contributed by atoms with Gasteiger partial charge in [0.15, 0.2) is 19.7 Å². The maximum Gasteiger partial charge on any atom is 0.437 e. The Bertz CT molecular complexity index is 1530. The van der Waals surface area contributed by atoms with Gasteiger partial charge in [0, 0.05) is 29.1 Å². The first-order chi connectivity index (χ1) is 15.1. The number of aromatic nitrogens is 3. The minimum atomic E-state index is -3.69. The van der Waals surface area contributed by atoms with Crippen molar-refractivity contribution in [2.45, 2.75) is 16.3 Å². The van der Waals surface area contributed by atoms with E-state index in [2.05, 4.69) is 5.10 Å². The number of hydrogen-bond acceptors (Lipinski definition) is 8. The fraction of sp³-hybridized carbons (Fsp3) is 0.158. The molecule has 32 heavy (non-hydrogen) atoms. The van der Waals surface area contributed by atoms with E-state index in [1.807, 2.05) is 0 Å². The SMILES string of the molecule is CS(=O)(=O)c1csc(-c2nn(CCS(=O)(=O)c3ccc(Cl)cc3)c(=O)o2)c1-n1cccc1. The molecule has 4 rings (SSSR count). The summed E-state index contributed by atoms with van der Waals surface area (Å²) in [5.74, 6) is -1.33. The molecule has 3 heterocycles. The molecule has 0 unspecified atom stereocenters. The molecule has 0 saturated heterocycles. The summed E-state index contributed by atoms with van der Waals surface area (Å²) < 4.78 is 57.3. The molecule has 0 N–H and O–H groups in total. The smallest absolute Gasteiger partial charge is 0.387 e. The lowest BCUT2D eigenvalue weighted by atomic mass is 10.4. The van der Waals surface area contributed by atoms with Gasteiger partial charge in [-0.2, -0.15) is 4.68 Å². The van der Waals surface area contributed by atoms with Crippen LogP contribution in [0.5, 0.6) is 0 Å². The fourth-order valence-corrected chi connectivity index (χ4v) is 6.62. The predicted octanol–water partition coefficient (Wildman–Crippen LogP) is 2.89. The van der Waals surface area contributed by atoms with E-state index in [4.69, 9.17) is 16.0 Å². The Labute approximate surface area is 192 Å². The summed E-state index contributed by atoms with van der Waals surface area (Å²) in [4.78, 5) is 12.8. The van der Waals surface area contributed by atoms with Crippen molar-refractivity contribution in [3.05, 3.63) is 69.7 Å². The quantitative estimate of drug-likeness (QED) is 0.372. The van der Waals surface area contributed by atoms with E-state index in [9.17, 15) is 21.6 Å². The van der Waals surface area contributed by atoms with Crippen LogP contribution in [0.15, 0.2) is 73.2 Å². The fourth-order valence-electron chi connectivity index (χ4n) is 2.98. The third-order valence-corrected chi connectivity index (χ3v) is 8.72. The summed E-state index contributed by atoms with van der Waals surface area (Å²) in [7, 11) is -7.25. The summed E-state index contributed by atoms with van der Waals surface area (Å²) in [6.45, 7) is -0.240. The van der Waals surface area contributed by atoms with Gasteiger partial charge in [-0.15, -0.1) is 16.4 Å². The molecular weight excluding hydrogens is 498 g/mol. The van der Waals surface area contributed by atoms with Crippen LogP contribution in [0.2, 0.25) is 5.02 Å². The molecule has 13 heteroatoms. The lowest BCUT2D eigenvalue weighted by Gasteiger charge is -2.06. The van der Waals surface area contributed by atoms with E-state index in [1.54, 1.807) is 29.1 Å². The first-order valence-corrected chi connectivity index (χ1v) is 13.9. The Morgan fingerprint density at radius 1 is 1.09 bits per heavy atom.